The predicted molar refractivity (Wildman–Crippen MR) is 78.7 cm³/mol. The summed E-state index contributed by atoms with van der Waals surface area (Å²) in [6, 6.07) is 4.04. The van der Waals surface area contributed by atoms with Crippen LogP contribution in [0, 0.1) is 13.8 Å². The summed E-state index contributed by atoms with van der Waals surface area (Å²) in [6.07, 6.45) is 1.88. The zero-order valence-corrected chi connectivity index (χ0v) is 12.4. The highest BCUT2D eigenvalue weighted by molar-refractivity contribution is 5.88. The second kappa shape index (κ2) is 5.29. The van der Waals surface area contributed by atoms with Crippen molar-refractivity contribution in [2.45, 2.75) is 39.7 Å². The van der Waals surface area contributed by atoms with Gasteiger partial charge in [0.25, 0.3) is 0 Å². The van der Waals surface area contributed by atoms with E-state index in [2.05, 4.69) is 5.32 Å². The van der Waals surface area contributed by atoms with Crippen molar-refractivity contribution in [1.82, 2.24) is 5.32 Å². The number of furan rings is 1. The fourth-order valence-electron chi connectivity index (χ4n) is 2.11. The Morgan fingerprint density at radius 2 is 1.95 bits per heavy atom. The maximum atomic E-state index is 12.0. The number of fused-ring (bicyclic) bond motifs is 1. The Morgan fingerprint density at radius 1 is 1.30 bits per heavy atom. The molecule has 0 aliphatic carbocycles. The second-order valence-electron chi connectivity index (χ2n) is 5.96. The summed E-state index contributed by atoms with van der Waals surface area (Å²) in [5.74, 6) is -0.120. The Kier molecular flexibility index (Phi) is 3.86. The molecule has 0 fully saturated rings. The SMILES string of the molecule is Cc1cc2occ(CC(=O)NC(C)(C)CO)c2cc1C. The van der Waals surface area contributed by atoms with Crippen molar-refractivity contribution in [2.24, 2.45) is 0 Å². The molecule has 2 rings (SSSR count). The van der Waals surface area contributed by atoms with Crippen molar-refractivity contribution < 1.29 is 14.3 Å². The molecule has 0 radical (unpaired) electrons. The Labute approximate surface area is 118 Å². The number of aryl methyl sites for hydroxylation is 2. The van der Waals surface area contributed by atoms with Crippen molar-refractivity contribution in [2.75, 3.05) is 6.61 Å². The molecule has 0 aliphatic heterocycles. The van der Waals surface area contributed by atoms with Gasteiger partial charge in [0, 0.05) is 10.9 Å². The lowest BCUT2D eigenvalue weighted by molar-refractivity contribution is -0.122. The fourth-order valence-corrected chi connectivity index (χ4v) is 2.11. The van der Waals surface area contributed by atoms with E-state index in [-0.39, 0.29) is 18.9 Å². The number of aliphatic hydroxyl groups excluding tert-OH is 1. The average Bonchev–Trinajstić information content (AvgIpc) is 2.72. The summed E-state index contributed by atoms with van der Waals surface area (Å²) in [5, 5.41) is 13.0. The third-order valence-corrected chi connectivity index (χ3v) is 3.49. The molecule has 2 aromatic rings. The molecule has 0 bridgehead atoms. The van der Waals surface area contributed by atoms with E-state index in [4.69, 9.17) is 4.42 Å². The Morgan fingerprint density at radius 3 is 2.60 bits per heavy atom. The monoisotopic (exact) mass is 275 g/mol. The molecule has 108 valence electrons. The average molecular weight is 275 g/mol. The number of carbonyl (C=O) groups excluding carboxylic acids is 1. The van der Waals surface area contributed by atoms with E-state index >= 15 is 0 Å². The van der Waals surface area contributed by atoms with Crippen LogP contribution >= 0.6 is 0 Å². The van der Waals surface area contributed by atoms with Gasteiger partial charge in [0.05, 0.1) is 24.8 Å². The normalized spacial score (nSPS) is 11.8. The minimum atomic E-state index is -0.608. The number of carbonyl (C=O) groups is 1. The molecule has 1 aromatic carbocycles. The largest absolute Gasteiger partial charge is 0.464 e. The van der Waals surface area contributed by atoms with E-state index in [0.717, 1.165) is 16.5 Å². The quantitative estimate of drug-likeness (QED) is 0.901. The predicted octanol–water partition coefficient (Wildman–Crippen LogP) is 2.48. The Balaban J connectivity index is 2.22. The van der Waals surface area contributed by atoms with Crippen LogP contribution in [0.25, 0.3) is 11.0 Å². The van der Waals surface area contributed by atoms with Gasteiger partial charge in [-0.15, -0.1) is 0 Å². The molecule has 0 atom stereocenters. The standard InChI is InChI=1S/C16H21NO3/c1-10-5-13-12(8-20-14(13)6-11(10)2)7-15(19)17-16(3,4)9-18/h5-6,8,18H,7,9H2,1-4H3,(H,17,19). The first-order valence-electron chi connectivity index (χ1n) is 6.71. The van der Waals surface area contributed by atoms with E-state index in [0.29, 0.717) is 0 Å². The number of hydrogen-bond donors (Lipinski definition) is 2. The fraction of sp³-hybridized carbons (Fsp3) is 0.438. The van der Waals surface area contributed by atoms with Crippen molar-refractivity contribution in [1.29, 1.82) is 0 Å². The van der Waals surface area contributed by atoms with Gasteiger partial charge in [0.2, 0.25) is 5.91 Å². The number of amides is 1. The summed E-state index contributed by atoms with van der Waals surface area (Å²) < 4.78 is 5.51. The van der Waals surface area contributed by atoms with Crippen LogP contribution in [0.2, 0.25) is 0 Å². The Hall–Kier alpha value is -1.81. The molecule has 1 aromatic heterocycles. The third-order valence-electron chi connectivity index (χ3n) is 3.49. The molecular weight excluding hydrogens is 254 g/mol. The highest BCUT2D eigenvalue weighted by Crippen LogP contribution is 2.25. The highest BCUT2D eigenvalue weighted by Gasteiger charge is 2.20. The molecular formula is C16H21NO3. The minimum absolute atomic E-state index is 0.0941. The third kappa shape index (κ3) is 3.02. The molecule has 0 spiro atoms. The van der Waals surface area contributed by atoms with Crippen molar-refractivity contribution in [3.63, 3.8) is 0 Å². The number of benzene rings is 1. The molecule has 0 aliphatic rings. The zero-order chi connectivity index (χ0) is 14.9. The van der Waals surface area contributed by atoms with Crippen LogP contribution in [0.5, 0.6) is 0 Å². The van der Waals surface area contributed by atoms with Gasteiger partial charge in [-0.25, -0.2) is 0 Å². The van der Waals surface area contributed by atoms with Gasteiger partial charge in [-0.1, -0.05) is 0 Å². The maximum Gasteiger partial charge on any atom is 0.225 e. The topological polar surface area (TPSA) is 62.5 Å². The number of nitrogens with one attached hydrogen (secondary N) is 1. The van der Waals surface area contributed by atoms with Gasteiger partial charge >= 0.3 is 0 Å². The molecule has 0 unspecified atom stereocenters. The number of rotatable bonds is 4. The molecule has 0 saturated heterocycles. The lowest BCUT2D eigenvalue weighted by Crippen LogP contribution is -2.46. The first-order valence-corrected chi connectivity index (χ1v) is 6.71. The van der Waals surface area contributed by atoms with E-state index in [1.807, 2.05) is 26.0 Å². The van der Waals surface area contributed by atoms with Crippen molar-refractivity contribution >= 4 is 16.9 Å². The van der Waals surface area contributed by atoms with Crippen LogP contribution in [-0.2, 0) is 11.2 Å². The molecule has 1 heterocycles. The Bertz CT molecular complexity index is 640. The van der Waals surface area contributed by atoms with Gasteiger partial charge in [0.1, 0.15) is 5.58 Å². The maximum absolute atomic E-state index is 12.0. The van der Waals surface area contributed by atoms with Crippen LogP contribution in [0.15, 0.2) is 22.8 Å². The summed E-state index contributed by atoms with van der Waals surface area (Å²) in [4.78, 5) is 12.0. The summed E-state index contributed by atoms with van der Waals surface area (Å²) in [6.45, 7) is 7.55. The van der Waals surface area contributed by atoms with E-state index in [1.165, 1.54) is 11.1 Å². The molecule has 1 amide bonds. The van der Waals surface area contributed by atoms with Crippen LogP contribution in [0.3, 0.4) is 0 Å². The van der Waals surface area contributed by atoms with Gasteiger partial charge in [-0.05, 0) is 51.0 Å². The van der Waals surface area contributed by atoms with Gasteiger partial charge in [-0.2, -0.15) is 0 Å². The summed E-state index contributed by atoms with van der Waals surface area (Å²) in [7, 11) is 0. The lowest BCUT2D eigenvalue weighted by Gasteiger charge is -2.23. The molecule has 20 heavy (non-hydrogen) atoms. The van der Waals surface area contributed by atoms with Gasteiger partial charge in [-0.3, -0.25) is 4.79 Å². The van der Waals surface area contributed by atoms with E-state index < -0.39 is 5.54 Å². The van der Waals surface area contributed by atoms with Crippen LogP contribution < -0.4 is 5.32 Å². The van der Waals surface area contributed by atoms with Crippen molar-refractivity contribution in [3.05, 3.63) is 35.1 Å². The first kappa shape index (κ1) is 14.6. The van der Waals surface area contributed by atoms with Gasteiger partial charge < -0.3 is 14.8 Å². The van der Waals surface area contributed by atoms with Gasteiger partial charge in [0.15, 0.2) is 0 Å². The second-order valence-corrected chi connectivity index (χ2v) is 5.96. The van der Waals surface area contributed by atoms with Crippen LogP contribution in [0.4, 0.5) is 0 Å². The lowest BCUT2D eigenvalue weighted by atomic mass is 10.0. The van der Waals surface area contributed by atoms with E-state index in [1.54, 1.807) is 20.1 Å². The molecule has 4 nitrogen and oxygen atoms in total. The minimum Gasteiger partial charge on any atom is -0.464 e. The summed E-state index contributed by atoms with van der Waals surface area (Å²) >= 11 is 0. The van der Waals surface area contributed by atoms with Crippen LogP contribution in [-0.4, -0.2) is 23.2 Å². The smallest absolute Gasteiger partial charge is 0.225 e. The van der Waals surface area contributed by atoms with Crippen molar-refractivity contribution in [3.8, 4) is 0 Å². The molecule has 4 heteroatoms. The summed E-state index contributed by atoms with van der Waals surface area (Å²) in [5.41, 5.74) is 3.41. The first-order chi connectivity index (χ1) is 9.32. The highest BCUT2D eigenvalue weighted by atomic mass is 16.3. The molecule has 2 N–H and O–H groups in total. The number of aliphatic hydroxyl groups is 1. The van der Waals surface area contributed by atoms with Crippen LogP contribution in [0.1, 0.15) is 30.5 Å². The zero-order valence-electron chi connectivity index (χ0n) is 12.4. The molecule has 0 saturated carbocycles. The number of hydrogen-bond acceptors (Lipinski definition) is 3. The van der Waals surface area contributed by atoms with E-state index in [9.17, 15) is 9.90 Å².